The summed E-state index contributed by atoms with van der Waals surface area (Å²) in [4.78, 5) is 12.5. The lowest BCUT2D eigenvalue weighted by Crippen LogP contribution is -2.25. The first-order valence-corrected chi connectivity index (χ1v) is 8.86. The molecular formula is C19H18ClFN4O2. The van der Waals surface area contributed by atoms with E-state index in [0.717, 1.165) is 18.5 Å². The van der Waals surface area contributed by atoms with E-state index in [1.807, 2.05) is 19.2 Å². The predicted octanol–water partition coefficient (Wildman–Crippen LogP) is 4.36. The molecule has 0 amide bonds. The zero-order chi connectivity index (χ0) is 19.6. The summed E-state index contributed by atoms with van der Waals surface area (Å²) in [6.45, 7) is 1.43. The van der Waals surface area contributed by atoms with Crippen molar-refractivity contribution in [2.75, 3.05) is 25.5 Å². The monoisotopic (exact) mass is 388 g/mol. The van der Waals surface area contributed by atoms with Crippen LogP contribution >= 0.6 is 11.6 Å². The van der Waals surface area contributed by atoms with Gasteiger partial charge >= 0.3 is 0 Å². The maximum Gasteiger partial charge on any atom is 0.270 e. The minimum atomic E-state index is -0.526. The highest BCUT2D eigenvalue weighted by atomic mass is 35.5. The van der Waals surface area contributed by atoms with Gasteiger partial charge in [0.05, 0.1) is 21.2 Å². The Morgan fingerprint density at radius 1 is 1.41 bits per heavy atom. The molecule has 0 radical (unpaired) electrons. The largest absolute Gasteiger partial charge is 0.384 e. The van der Waals surface area contributed by atoms with Gasteiger partial charge in [0.2, 0.25) is 0 Å². The van der Waals surface area contributed by atoms with Gasteiger partial charge < -0.3 is 5.32 Å². The van der Waals surface area contributed by atoms with Crippen LogP contribution in [0.15, 0.2) is 36.4 Å². The molecule has 1 aliphatic heterocycles. The number of non-ortho nitro benzene ring substituents is 1. The van der Waals surface area contributed by atoms with Gasteiger partial charge in [-0.1, -0.05) is 17.7 Å². The van der Waals surface area contributed by atoms with Crippen molar-refractivity contribution < 1.29 is 9.31 Å². The first kappa shape index (κ1) is 19.1. The maximum absolute atomic E-state index is 13.9. The maximum atomic E-state index is 13.9. The van der Waals surface area contributed by atoms with Crippen LogP contribution in [-0.2, 0) is 0 Å². The predicted molar refractivity (Wildman–Crippen MR) is 101 cm³/mol. The Labute approximate surface area is 161 Å². The number of likely N-dealkylation sites (tertiary alicyclic amines) is 1. The van der Waals surface area contributed by atoms with Gasteiger partial charge in [0.15, 0.2) is 0 Å². The summed E-state index contributed by atoms with van der Waals surface area (Å²) in [6, 6.07) is 11.0. The number of benzene rings is 2. The number of nitrogens with zero attached hydrogens (tertiary/aromatic N) is 3. The van der Waals surface area contributed by atoms with Gasteiger partial charge in [-0.2, -0.15) is 5.26 Å². The lowest BCUT2D eigenvalue weighted by Gasteiger charge is -2.26. The molecule has 2 aromatic carbocycles. The minimum absolute atomic E-state index is 0.0212. The van der Waals surface area contributed by atoms with Crippen LogP contribution in [0.4, 0.5) is 15.8 Å². The van der Waals surface area contributed by atoms with Gasteiger partial charge in [0, 0.05) is 24.7 Å². The van der Waals surface area contributed by atoms with Crippen molar-refractivity contribution >= 4 is 23.0 Å². The van der Waals surface area contributed by atoms with Gasteiger partial charge in [-0.25, -0.2) is 4.39 Å². The van der Waals surface area contributed by atoms with Crippen LogP contribution in [0.3, 0.4) is 0 Å². The van der Waals surface area contributed by atoms with Gasteiger partial charge in [0.1, 0.15) is 11.9 Å². The molecule has 6 nitrogen and oxygen atoms in total. The standard InChI is InChI=1S/C19H18ClFN4O2/c1-24-7-6-13(19(24)12-2-4-16(20)17(21)9-12)11-23-18-5-3-15(25(26)27)8-14(18)10-22/h2-5,8-9,13,19,23H,6-7,11H2,1H3. The van der Waals surface area contributed by atoms with Crippen molar-refractivity contribution in [1.29, 1.82) is 5.26 Å². The lowest BCUT2D eigenvalue weighted by molar-refractivity contribution is -0.384. The number of nitriles is 1. The van der Waals surface area contributed by atoms with Gasteiger partial charge in [-0.15, -0.1) is 0 Å². The Kier molecular flexibility index (Phi) is 5.59. The van der Waals surface area contributed by atoms with E-state index in [2.05, 4.69) is 10.2 Å². The van der Waals surface area contributed by atoms with E-state index in [4.69, 9.17) is 11.6 Å². The zero-order valence-corrected chi connectivity index (χ0v) is 15.4. The highest BCUT2D eigenvalue weighted by molar-refractivity contribution is 6.30. The van der Waals surface area contributed by atoms with Crippen molar-refractivity contribution in [2.24, 2.45) is 5.92 Å². The molecule has 2 atom stereocenters. The second-order valence-electron chi connectivity index (χ2n) is 6.63. The fourth-order valence-corrected chi connectivity index (χ4v) is 3.71. The second-order valence-corrected chi connectivity index (χ2v) is 7.03. The molecule has 1 heterocycles. The van der Waals surface area contributed by atoms with Crippen LogP contribution in [-0.4, -0.2) is 30.0 Å². The Bertz CT molecular complexity index is 915. The smallest absolute Gasteiger partial charge is 0.270 e. The Balaban J connectivity index is 1.78. The molecule has 1 saturated heterocycles. The molecule has 3 rings (SSSR count). The van der Waals surface area contributed by atoms with Crippen LogP contribution in [0.1, 0.15) is 23.6 Å². The SMILES string of the molecule is CN1CCC(CNc2ccc([N+](=O)[O-])cc2C#N)C1c1ccc(Cl)c(F)c1. The van der Waals surface area contributed by atoms with E-state index in [1.165, 1.54) is 18.2 Å². The molecule has 140 valence electrons. The third-order valence-electron chi connectivity index (χ3n) is 4.95. The van der Waals surface area contributed by atoms with Gasteiger partial charge in [0.25, 0.3) is 5.69 Å². The molecule has 2 aromatic rings. The fraction of sp³-hybridized carbons (Fsp3) is 0.316. The van der Waals surface area contributed by atoms with Crippen LogP contribution in [0.2, 0.25) is 5.02 Å². The average molecular weight is 389 g/mol. The van der Waals surface area contributed by atoms with Crippen molar-refractivity contribution in [2.45, 2.75) is 12.5 Å². The number of halogens is 2. The molecule has 27 heavy (non-hydrogen) atoms. The third kappa shape index (κ3) is 4.02. The molecule has 1 aliphatic rings. The van der Waals surface area contributed by atoms with Crippen molar-refractivity contribution in [3.63, 3.8) is 0 Å². The number of rotatable bonds is 5. The van der Waals surface area contributed by atoms with E-state index < -0.39 is 10.7 Å². The molecule has 0 bridgehead atoms. The highest BCUT2D eigenvalue weighted by Crippen LogP contribution is 2.37. The van der Waals surface area contributed by atoms with Crippen molar-refractivity contribution in [1.82, 2.24) is 4.90 Å². The summed E-state index contributed by atoms with van der Waals surface area (Å²) in [5, 5.41) is 23.5. The van der Waals surface area contributed by atoms with Crippen LogP contribution in [0.25, 0.3) is 0 Å². The zero-order valence-electron chi connectivity index (χ0n) is 14.7. The number of nitrogens with one attached hydrogen (secondary N) is 1. The Morgan fingerprint density at radius 3 is 2.85 bits per heavy atom. The molecule has 0 saturated carbocycles. The van der Waals surface area contributed by atoms with Gasteiger partial charge in [-0.05, 0) is 49.7 Å². The first-order chi connectivity index (χ1) is 12.9. The fourth-order valence-electron chi connectivity index (χ4n) is 3.60. The number of anilines is 1. The molecule has 1 N–H and O–H groups in total. The van der Waals surface area contributed by atoms with E-state index in [9.17, 15) is 19.8 Å². The molecule has 1 fully saturated rings. The van der Waals surface area contributed by atoms with Crippen molar-refractivity contribution in [3.05, 3.63) is 68.5 Å². The average Bonchev–Trinajstić information content (AvgIpc) is 3.02. The van der Waals surface area contributed by atoms with E-state index in [0.29, 0.717) is 12.2 Å². The molecule has 0 aromatic heterocycles. The van der Waals surface area contributed by atoms with Crippen molar-refractivity contribution in [3.8, 4) is 6.07 Å². The van der Waals surface area contributed by atoms with Crippen LogP contribution in [0.5, 0.6) is 0 Å². The summed E-state index contributed by atoms with van der Waals surface area (Å²) in [5.41, 5.74) is 1.52. The number of nitro benzene ring substituents is 1. The first-order valence-electron chi connectivity index (χ1n) is 8.48. The summed E-state index contributed by atoms with van der Waals surface area (Å²) < 4.78 is 13.9. The summed E-state index contributed by atoms with van der Waals surface area (Å²) in [5.74, 6) is -0.249. The molecule has 2 unspecified atom stereocenters. The quantitative estimate of drug-likeness (QED) is 0.607. The number of nitro groups is 1. The summed E-state index contributed by atoms with van der Waals surface area (Å²) >= 11 is 5.79. The van der Waals surface area contributed by atoms with Crippen LogP contribution in [0, 0.1) is 33.2 Å². The molecule has 0 spiro atoms. The Morgan fingerprint density at radius 2 is 2.19 bits per heavy atom. The third-order valence-corrected chi connectivity index (χ3v) is 5.25. The topological polar surface area (TPSA) is 82.2 Å². The highest BCUT2D eigenvalue weighted by Gasteiger charge is 2.33. The summed E-state index contributed by atoms with van der Waals surface area (Å²) in [6.07, 6.45) is 0.910. The lowest BCUT2D eigenvalue weighted by atomic mass is 9.93. The van der Waals surface area contributed by atoms with E-state index in [-0.39, 0.29) is 28.2 Å². The molecular weight excluding hydrogens is 371 g/mol. The molecule has 8 heteroatoms. The normalized spacial score (nSPS) is 19.6. The van der Waals surface area contributed by atoms with E-state index in [1.54, 1.807) is 12.1 Å². The summed E-state index contributed by atoms with van der Waals surface area (Å²) in [7, 11) is 1.99. The van der Waals surface area contributed by atoms with Crippen LogP contribution < -0.4 is 5.32 Å². The second kappa shape index (κ2) is 7.91. The number of hydrogen-bond acceptors (Lipinski definition) is 5. The number of hydrogen-bond donors (Lipinski definition) is 1. The molecule has 0 aliphatic carbocycles. The van der Waals surface area contributed by atoms with Gasteiger partial charge in [-0.3, -0.25) is 15.0 Å². The van der Waals surface area contributed by atoms with E-state index >= 15 is 0 Å². The Hall–Kier alpha value is -2.69. The minimum Gasteiger partial charge on any atom is -0.384 e.